The van der Waals surface area contributed by atoms with Crippen molar-refractivity contribution in [1.29, 1.82) is 0 Å². The molecule has 142 valence electrons. The molecule has 4 N–H and O–H groups in total. The molecule has 0 bridgehead atoms. The number of aromatic amines is 2. The molecule has 8 nitrogen and oxygen atoms in total. The second-order valence-corrected chi connectivity index (χ2v) is 7.03. The predicted octanol–water partition coefficient (Wildman–Crippen LogP) is 3.91. The van der Waals surface area contributed by atoms with Gasteiger partial charge < -0.3 is 15.6 Å². The van der Waals surface area contributed by atoms with Crippen LogP contribution in [0, 0.1) is 0 Å². The molecule has 5 rings (SSSR count). The van der Waals surface area contributed by atoms with Crippen molar-refractivity contribution in [3.8, 4) is 0 Å². The van der Waals surface area contributed by atoms with Crippen molar-refractivity contribution < 1.29 is 4.39 Å². The van der Waals surface area contributed by atoms with Crippen molar-refractivity contribution in [3.05, 3.63) is 53.1 Å². The number of imidazole rings is 1. The molecule has 10 heteroatoms. The molecule has 1 fully saturated rings. The fraction of sp³-hybridized carbons (Fsp3) is 0.222. The van der Waals surface area contributed by atoms with Crippen molar-refractivity contribution in [2.24, 2.45) is 0 Å². The number of rotatable bonds is 6. The van der Waals surface area contributed by atoms with E-state index in [0.29, 0.717) is 35.6 Å². The first-order valence-corrected chi connectivity index (χ1v) is 9.19. The van der Waals surface area contributed by atoms with Crippen LogP contribution in [0.4, 0.5) is 22.0 Å². The van der Waals surface area contributed by atoms with Crippen LogP contribution in [0.25, 0.3) is 11.0 Å². The van der Waals surface area contributed by atoms with Gasteiger partial charge in [-0.15, -0.1) is 0 Å². The van der Waals surface area contributed by atoms with E-state index in [2.05, 4.69) is 40.8 Å². The molecule has 3 aromatic heterocycles. The summed E-state index contributed by atoms with van der Waals surface area (Å²) in [5, 5.41) is 13.9. The van der Waals surface area contributed by atoms with Gasteiger partial charge in [0.05, 0.1) is 16.9 Å². The first-order chi connectivity index (χ1) is 13.7. The lowest BCUT2D eigenvalue weighted by atomic mass is 10.2. The van der Waals surface area contributed by atoms with Crippen molar-refractivity contribution >= 4 is 40.2 Å². The lowest BCUT2D eigenvalue weighted by Gasteiger charge is -2.08. The SMILES string of the molecule is F[C@H]1C[C@H]1c1cc(Nc2ccnc(NCc3ccc4[nH]cnc4c3Cl)n2)n[nH]1. The van der Waals surface area contributed by atoms with Crippen LogP contribution in [0.1, 0.15) is 23.6 Å². The summed E-state index contributed by atoms with van der Waals surface area (Å²) < 4.78 is 13.2. The van der Waals surface area contributed by atoms with Gasteiger partial charge in [-0.2, -0.15) is 10.1 Å². The number of nitrogens with zero attached hydrogens (tertiary/aromatic N) is 4. The molecule has 1 aliphatic carbocycles. The number of anilines is 3. The van der Waals surface area contributed by atoms with E-state index in [9.17, 15) is 4.39 Å². The monoisotopic (exact) mass is 398 g/mol. The standard InChI is InChI=1S/C18H16ClFN8/c19-16-9(1-2-12-17(16)24-8-23-12)7-22-18-21-4-3-14(26-18)25-15-6-13(27-28-15)10-5-11(10)20/h1-4,6,8,10-11H,5,7H2,(H,23,24)(H3,21,22,25,26,27,28)/t10-,11+/m1/s1. The largest absolute Gasteiger partial charge is 0.350 e. The first kappa shape index (κ1) is 16.9. The Bertz CT molecular complexity index is 1140. The second kappa shape index (κ2) is 6.75. The molecule has 0 radical (unpaired) electrons. The smallest absolute Gasteiger partial charge is 0.224 e. The molecule has 28 heavy (non-hydrogen) atoms. The van der Waals surface area contributed by atoms with Crippen LogP contribution in [0.3, 0.4) is 0 Å². The van der Waals surface area contributed by atoms with E-state index in [-0.39, 0.29) is 5.92 Å². The Balaban J connectivity index is 1.27. The van der Waals surface area contributed by atoms with Crippen molar-refractivity contribution in [1.82, 2.24) is 30.1 Å². The Morgan fingerprint density at radius 1 is 1.21 bits per heavy atom. The molecule has 0 amide bonds. The number of halogens is 2. The fourth-order valence-electron chi connectivity index (χ4n) is 3.05. The number of H-pyrrole nitrogens is 2. The minimum atomic E-state index is -0.768. The summed E-state index contributed by atoms with van der Waals surface area (Å²) in [6.45, 7) is 0.456. The van der Waals surface area contributed by atoms with E-state index in [0.717, 1.165) is 22.3 Å². The third-order valence-corrected chi connectivity index (χ3v) is 5.09. The zero-order valence-electron chi connectivity index (χ0n) is 14.6. The van der Waals surface area contributed by atoms with Crippen molar-refractivity contribution in [2.75, 3.05) is 10.6 Å². The van der Waals surface area contributed by atoms with Gasteiger partial charge in [0.15, 0.2) is 5.82 Å². The first-order valence-electron chi connectivity index (χ1n) is 8.81. The predicted molar refractivity (Wildman–Crippen MR) is 105 cm³/mol. The number of hydrogen-bond donors (Lipinski definition) is 4. The molecular weight excluding hydrogens is 383 g/mol. The highest BCUT2D eigenvalue weighted by atomic mass is 35.5. The lowest BCUT2D eigenvalue weighted by Crippen LogP contribution is -2.05. The van der Waals surface area contributed by atoms with Gasteiger partial charge in [-0.1, -0.05) is 17.7 Å². The highest BCUT2D eigenvalue weighted by Gasteiger charge is 2.40. The van der Waals surface area contributed by atoms with Gasteiger partial charge in [0.25, 0.3) is 0 Å². The summed E-state index contributed by atoms with van der Waals surface area (Å²) in [5.41, 5.74) is 3.31. The average molecular weight is 399 g/mol. The van der Waals surface area contributed by atoms with E-state index in [1.807, 2.05) is 12.1 Å². The number of hydrogen-bond acceptors (Lipinski definition) is 6. The molecule has 3 heterocycles. The molecule has 1 aromatic carbocycles. The summed E-state index contributed by atoms with van der Waals surface area (Å²) in [5.74, 6) is 1.55. The summed E-state index contributed by atoms with van der Waals surface area (Å²) in [6.07, 6.45) is 3.04. The quantitative estimate of drug-likeness (QED) is 0.392. The van der Waals surface area contributed by atoms with Crippen LogP contribution in [0.15, 0.2) is 36.8 Å². The minimum Gasteiger partial charge on any atom is -0.350 e. The molecule has 1 saturated carbocycles. The number of nitrogens with one attached hydrogen (secondary N) is 4. The van der Waals surface area contributed by atoms with Gasteiger partial charge in [-0.25, -0.2) is 14.4 Å². The maximum atomic E-state index is 13.2. The number of aromatic nitrogens is 6. The van der Waals surface area contributed by atoms with Crippen LogP contribution in [0.5, 0.6) is 0 Å². The number of benzene rings is 1. The van der Waals surface area contributed by atoms with Gasteiger partial charge >= 0.3 is 0 Å². The summed E-state index contributed by atoms with van der Waals surface area (Å²) in [4.78, 5) is 15.9. The number of alkyl halides is 1. The zero-order valence-corrected chi connectivity index (χ0v) is 15.3. The zero-order chi connectivity index (χ0) is 19.1. The lowest BCUT2D eigenvalue weighted by molar-refractivity contribution is 0.466. The Morgan fingerprint density at radius 2 is 2.11 bits per heavy atom. The van der Waals surface area contributed by atoms with Crippen molar-refractivity contribution in [3.63, 3.8) is 0 Å². The Hall–Kier alpha value is -3.20. The molecule has 0 unspecified atom stereocenters. The van der Waals surface area contributed by atoms with Crippen LogP contribution in [-0.2, 0) is 6.54 Å². The van der Waals surface area contributed by atoms with Crippen LogP contribution >= 0.6 is 11.6 Å². The van der Waals surface area contributed by atoms with Crippen LogP contribution in [-0.4, -0.2) is 36.3 Å². The van der Waals surface area contributed by atoms with Gasteiger partial charge in [-0.05, 0) is 24.1 Å². The Morgan fingerprint density at radius 3 is 2.96 bits per heavy atom. The fourth-order valence-corrected chi connectivity index (χ4v) is 3.33. The van der Waals surface area contributed by atoms with Gasteiger partial charge in [0.1, 0.15) is 17.5 Å². The van der Waals surface area contributed by atoms with Crippen molar-refractivity contribution in [2.45, 2.75) is 25.1 Å². The topological polar surface area (TPSA) is 107 Å². The Kier molecular flexibility index (Phi) is 4.09. The van der Waals surface area contributed by atoms with Gasteiger partial charge in [-0.3, -0.25) is 5.10 Å². The maximum absolute atomic E-state index is 13.2. The molecule has 4 aromatic rings. The van der Waals surface area contributed by atoms with E-state index in [4.69, 9.17) is 11.6 Å². The molecular formula is C18H16ClFN8. The maximum Gasteiger partial charge on any atom is 0.224 e. The summed E-state index contributed by atoms with van der Waals surface area (Å²) in [6, 6.07) is 7.40. The average Bonchev–Trinajstić information content (AvgIpc) is 3.10. The highest BCUT2D eigenvalue weighted by Crippen LogP contribution is 2.43. The normalized spacial score (nSPS) is 18.4. The third kappa shape index (κ3) is 3.24. The molecule has 0 saturated heterocycles. The van der Waals surface area contributed by atoms with E-state index in [1.165, 1.54) is 0 Å². The van der Waals surface area contributed by atoms with Gasteiger partial charge in [0.2, 0.25) is 5.95 Å². The van der Waals surface area contributed by atoms with E-state index in [1.54, 1.807) is 24.7 Å². The molecule has 0 spiro atoms. The molecule has 2 atom stereocenters. The van der Waals surface area contributed by atoms with Gasteiger partial charge in [0, 0.05) is 30.4 Å². The summed E-state index contributed by atoms with van der Waals surface area (Å²) in [7, 11) is 0. The van der Waals surface area contributed by atoms with E-state index < -0.39 is 6.17 Å². The number of fused-ring (bicyclic) bond motifs is 1. The third-order valence-electron chi connectivity index (χ3n) is 4.67. The summed E-state index contributed by atoms with van der Waals surface area (Å²) >= 11 is 6.42. The molecule has 0 aliphatic heterocycles. The van der Waals surface area contributed by atoms with E-state index >= 15 is 0 Å². The Labute approximate surface area is 164 Å². The minimum absolute atomic E-state index is 0.0673. The molecule has 1 aliphatic rings. The van der Waals surface area contributed by atoms with Crippen LogP contribution in [0.2, 0.25) is 5.02 Å². The highest BCUT2D eigenvalue weighted by molar-refractivity contribution is 6.35. The van der Waals surface area contributed by atoms with Crippen LogP contribution < -0.4 is 10.6 Å². The second-order valence-electron chi connectivity index (χ2n) is 6.65.